The first-order chi connectivity index (χ1) is 5.91. The van der Waals surface area contributed by atoms with Crippen LogP contribution in [0.3, 0.4) is 0 Å². The van der Waals surface area contributed by atoms with Crippen molar-refractivity contribution in [2.45, 2.75) is 12.7 Å². The maximum atomic E-state index is 12.0. The summed E-state index contributed by atoms with van der Waals surface area (Å²) < 4.78 is 36.4. The molecule has 0 saturated heterocycles. The van der Waals surface area contributed by atoms with Crippen LogP contribution in [0.15, 0.2) is 6.20 Å². The number of carboxylic acid groups (broad SMARTS) is 1. The van der Waals surface area contributed by atoms with Gasteiger partial charge in [-0.25, -0.2) is 4.68 Å². The lowest BCUT2D eigenvalue weighted by molar-refractivity contribution is -0.147. The van der Waals surface area contributed by atoms with Gasteiger partial charge in [-0.1, -0.05) is 5.21 Å². The van der Waals surface area contributed by atoms with E-state index >= 15 is 0 Å². The summed E-state index contributed by atoms with van der Waals surface area (Å²) >= 11 is 0. The van der Waals surface area contributed by atoms with E-state index in [1.807, 2.05) is 0 Å². The lowest BCUT2D eigenvalue weighted by atomic mass is 10.4. The summed E-state index contributed by atoms with van der Waals surface area (Å²) in [7, 11) is 0. The number of carbonyl (C=O) groups is 1. The highest BCUT2D eigenvalue weighted by Gasteiger charge is 2.35. The molecule has 0 spiro atoms. The number of carboxylic acids is 1. The average molecular weight is 195 g/mol. The number of hydrogen-bond acceptors (Lipinski definition) is 3. The molecule has 0 unspecified atom stereocenters. The SMILES string of the molecule is O=C(O)Cn1nncc1C(F)(F)F. The summed E-state index contributed by atoms with van der Waals surface area (Å²) in [6.45, 7) is -0.852. The number of nitrogens with zero attached hydrogens (tertiary/aromatic N) is 3. The molecule has 0 aliphatic rings. The van der Waals surface area contributed by atoms with Gasteiger partial charge in [-0.05, 0) is 0 Å². The average Bonchev–Trinajstić information content (AvgIpc) is 2.31. The van der Waals surface area contributed by atoms with Crippen LogP contribution >= 0.6 is 0 Å². The zero-order chi connectivity index (χ0) is 10.1. The Morgan fingerprint density at radius 1 is 1.62 bits per heavy atom. The molecule has 0 radical (unpaired) electrons. The summed E-state index contributed by atoms with van der Waals surface area (Å²) in [6.07, 6.45) is -4.15. The number of aliphatic carboxylic acids is 1. The zero-order valence-electron chi connectivity index (χ0n) is 6.12. The third-order valence-electron chi connectivity index (χ3n) is 1.19. The van der Waals surface area contributed by atoms with Crippen molar-refractivity contribution in [3.8, 4) is 0 Å². The van der Waals surface area contributed by atoms with Crippen molar-refractivity contribution >= 4 is 5.97 Å². The molecule has 72 valence electrons. The van der Waals surface area contributed by atoms with Crippen molar-refractivity contribution in [1.82, 2.24) is 15.0 Å². The Bertz CT molecular complexity index is 319. The Morgan fingerprint density at radius 2 is 2.23 bits per heavy atom. The highest BCUT2D eigenvalue weighted by Crippen LogP contribution is 2.27. The minimum Gasteiger partial charge on any atom is -0.480 e. The third-order valence-corrected chi connectivity index (χ3v) is 1.19. The van der Waals surface area contributed by atoms with E-state index in [0.717, 1.165) is 0 Å². The van der Waals surface area contributed by atoms with Gasteiger partial charge in [0.2, 0.25) is 0 Å². The molecule has 8 heteroatoms. The van der Waals surface area contributed by atoms with Crippen LogP contribution in [0.1, 0.15) is 5.69 Å². The molecule has 0 saturated carbocycles. The molecule has 5 nitrogen and oxygen atoms in total. The Balaban J connectivity index is 2.96. The molecule has 1 heterocycles. The number of hydrogen-bond donors (Lipinski definition) is 1. The van der Waals surface area contributed by atoms with Crippen LogP contribution in [0, 0.1) is 0 Å². The van der Waals surface area contributed by atoms with Crippen molar-refractivity contribution < 1.29 is 23.1 Å². The predicted octanol–water partition coefficient (Wildman–Crippen LogP) is 0.381. The summed E-state index contributed by atoms with van der Waals surface area (Å²) in [5.74, 6) is -1.41. The summed E-state index contributed by atoms with van der Waals surface area (Å²) in [6, 6.07) is 0. The van der Waals surface area contributed by atoms with Crippen molar-refractivity contribution in [2.75, 3.05) is 0 Å². The van der Waals surface area contributed by atoms with E-state index in [1.165, 1.54) is 0 Å². The predicted molar refractivity (Wildman–Crippen MR) is 32.7 cm³/mol. The van der Waals surface area contributed by atoms with Gasteiger partial charge in [0.05, 0.1) is 6.20 Å². The number of aromatic nitrogens is 3. The first kappa shape index (κ1) is 9.49. The van der Waals surface area contributed by atoms with E-state index in [-0.39, 0.29) is 4.68 Å². The van der Waals surface area contributed by atoms with E-state index in [1.54, 1.807) is 0 Å². The van der Waals surface area contributed by atoms with Gasteiger partial charge < -0.3 is 5.11 Å². The minimum absolute atomic E-state index is 0.280. The van der Waals surface area contributed by atoms with Crippen LogP contribution in [0.5, 0.6) is 0 Å². The Kier molecular flexibility index (Phi) is 2.22. The fourth-order valence-corrected chi connectivity index (χ4v) is 0.722. The topological polar surface area (TPSA) is 68.0 Å². The van der Waals surface area contributed by atoms with Crippen LogP contribution in [0.25, 0.3) is 0 Å². The van der Waals surface area contributed by atoms with E-state index in [4.69, 9.17) is 5.11 Å². The second-order valence-electron chi connectivity index (χ2n) is 2.17. The minimum atomic E-state index is -4.63. The van der Waals surface area contributed by atoms with E-state index < -0.39 is 24.4 Å². The fourth-order valence-electron chi connectivity index (χ4n) is 0.722. The van der Waals surface area contributed by atoms with Crippen molar-refractivity contribution in [3.05, 3.63) is 11.9 Å². The van der Waals surface area contributed by atoms with E-state index in [0.29, 0.717) is 6.20 Å². The molecule has 1 rings (SSSR count). The summed E-state index contributed by atoms with van der Waals surface area (Å²) in [4.78, 5) is 10.1. The molecular weight excluding hydrogens is 191 g/mol. The van der Waals surface area contributed by atoms with Gasteiger partial charge in [-0.15, -0.1) is 5.10 Å². The van der Waals surface area contributed by atoms with Gasteiger partial charge in [-0.3, -0.25) is 4.79 Å². The Labute approximate surface area is 69.8 Å². The van der Waals surface area contributed by atoms with Gasteiger partial charge in [0, 0.05) is 0 Å². The first-order valence-electron chi connectivity index (χ1n) is 3.08. The first-order valence-corrected chi connectivity index (χ1v) is 3.08. The smallest absolute Gasteiger partial charge is 0.434 e. The zero-order valence-corrected chi connectivity index (χ0v) is 6.12. The molecular formula is C5H4F3N3O2. The van der Waals surface area contributed by atoms with Gasteiger partial charge in [-0.2, -0.15) is 13.2 Å². The van der Waals surface area contributed by atoms with Gasteiger partial charge in [0.25, 0.3) is 0 Å². The van der Waals surface area contributed by atoms with Gasteiger partial charge in [0.1, 0.15) is 6.54 Å². The molecule has 0 aliphatic heterocycles. The normalized spacial score (nSPS) is 11.6. The van der Waals surface area contributed by atoms with E-state index in [9.17, 15) is 18.0 Å². The third kappa shape index (κ3) is 2.17. The maximum Gasteiger partial charge on any atom is 0.434 e. The molecule has 1 aromatic heterocycles. The van der Waals surface area contributed by atoms with E-state index in [2.05, 4.69) is 10.3 Å². The lowest BCUT2D eigenvalue weighted by Crippen LogP contribution is -2.18. The highest BCUT2D eigenvalue weighted by atomic mass is 19.4. The molecule has 0 atom stereocenters. The quantitative estimate of drug-likeness (QED) is 0.740. The van der Waals surface area contributed by atoms with Gasteiger partial charge >= 0.3 is 12.1 Å². The van der Waals surface area contributed by atoms with Crippen LogP contribution in [-0.2, 0) is 17.5 Å². The van der Waals surface area contributed by atoms with Crippen molar-refractivity contribution in [3.63, 3.8) is 0 Å². The summed E-state index contributed by atoms with van der Waals surface area (Å²) in [5.41, 5.74) is -1.17. The monoisotopic (exact) mass is 195 g/mol. The Hall–Kier alpha value is -1.60. The van der Waals surface area contributed by atoms with Crippen LogP contribution in [0.4, 0.5) is 13.2 Å². The molecule has 0 bridgehead atoms. The standard InChI is InChI=1S/C5H4F3N3O2/c6-5(7,8)3-1-9-10-11(3)2-4(12)13/h1H,2H2,(H,12,13). The fraction of sp³-hybridized carbons (Fsp3) is 0.400. The molecule has 0 fully saturated rings. The maximum absolute atomic E-state index is 12.0. The molecule has 13 heavy (non-hydrogen) atoms. The lowest BCUT2D eigenvalue weighted by Gasteiger charge is -2.05. The molecule has 0 aliphatic carbocycles. The second-order valence-corrected chi connectivity index (χ2v) is 2.17. The van der Waals surface area contributed by atoms with Crippen LogP contribution in [-0.4, -0.2) is 26.1 Å². The molecule has 0 aromatic carbocycles. The highest BCUT2D eigenvalue weighted by molar-refractivity contribution is 5.66. The largest absolute Gasteiger partial charge is 0.480 e. The number of halogens is 3. The molecule has 0 amide bonds. The second kappa shape index (κ2) is 3.04. The van der Waals surface area contributed by atoms with Gasteiger partial charge in [0.15, 0.2) is 5.69 Å². The van der Waals surface area contributed by atoms with Crippen molar-refractivity contribution in [2.24, 2.45) is 0 Å². The van der Waals surface area contributed by atoms with Crippen LogP contribution in [0.2, 0.25) is 0 Å². The number of alkyl halides is 3. The molecule has 1 aromatic rings. The van der Waals surface area contributed by atoms with Crippen molar-refractivity contribution in [1.29, 1.82) is 0 Å². The Morgan fingerprint density at radius 3 is 2.69 bits per heavy atom. The summed E-state index contributed by atoms with van der Waals surface area (Å²) in [5, 5.41) is 14.2. The molecule has 1 N–H and O–H groups in total. The number of rotatable bonds is 2. The van der Waals surface area contributed by atoms with Crippen LogP contribution < -0.4 is 0 Å².